The number of hydrogen-bond acceptors (Lipinski definition) is 8. The van der Waals surface area contributed by atoms with Gasteiger partial charge in [-0.2, -0.15) is 4.98 Å². The van der Waals surface area contributed by atoms with Crippen molar-refractivity contribution in [2.75, 3.05) is 52.0 Å². The fourth-order valence-electron chi connectivity index (χ4n) is 3.42. The topological polar surface area (TPSA) is 106 Å². The van der Waals surface area contributed by atoms with Crippen LogP contribution in [0, 0.1) is 6.92 Å². The number of rotatable bonds is 13. The van der Waals surface area contributed by atoms with E-state index in [0.29, 0.717) is 18.8 Å². The molecule has 0 bridgehead atoms. The van der Waals surface area contributed by atoms with Gasteiger partial charge in [0.05, 0.1) is 26.4 Å². The molecule has 0 saturated carbocycles. The van der Waals surface area contributed by atoms with Crippen molar-refractivity contribution in [1.29, 1.82) is 0 Å². The van der Waals surface area contributed by atoms with E-state index in [1.165, 1.54) is 0 Å². The molecule has 0 saturated heterocycles. The van der Waals surface area contributed by atoms with Crippen molar-refractivity contribution in [3.63, 3.8) is 0 Å². The van der Waals surface area contributed by atoms with E-state index in [2.05, 4.69) is 41.2 Å². The van der Waals surface area contributed by atoms with Gasteiger partial charge in [0.2, 0.25) is 5.95 Å². The molecule has 0 spiro atoms. The molecular weight excluding hydrogens is 394 g/mol. The second kappa shape index (κ2) is 12.3. The Labute approximate surface area is 185 Å². The number of nitrogen functional groups attached to an aromatic ring is 1. The molecule has 1 aromatic carbocycles. The van der Waals surface area contributed by atoms with Gasteiger partial charge in [0.1, 0.15) is 17.3 Å². The number of anilines is 2. The number of methoxy groups -OCH3 is 1. The Kier molecular flexibility index (Phi) is 9.81. The van der Waals surface area contributed by atoms with Crippen molar-refractivity contribution >= 4 is 11.8 Å². The van der Waals surface area contributed by atoms with Gasteiger partial charge in [0.25, 0.3) is 0 Å². The fraction of sp³-hybridized carbons (Fsp3) is 0.565. The summed E-state index contributed by atoms with van der Waals surface area (Å²) in [5.41, 5.74) is 8.63. The van der Waals surface area contributed by atoms with Crippen molar-refractivity contribution in [2.45, 2.75) is 45.6 Å². The number of nitrogens with zero attached hydrogens (tertiary/aromatic N) is 3. The molecule has 1 unspecified atom stereocenters. The molecule has 1 heterocycles. The molecule has 31 heavy (non-hydrogen) atoms. The highest BCUT2D eigenvalue weighted by atomic mass is 16.5. The predicted molar refractivity (Wildman–Crippen MR) is 125 cm³/mol. The zero-order valence-corrected chi connectivity index (χ0v) is 19.4. The molecule has 1 atom stereocenters. The number of aliphatic hydroxyl groups excluding tert-OH is 1. The minimum absolute atomic E-state index is 0.0272. The molecule has 0 amide bonds. The summed E-state index contributed by atoms with van der Waals surface area (Å²) in [6.45, 7) is 5.66. The minimum atomic E-state index is -0.0858. The standard InChI is InChI=1S/C23H37N5O3/c1-6-8-18(15-29)26-22-20(16(2)25-23(24)27-22)13-17-9-10-19(14-21(17)30-5)31-12-7-11-28(3)4/h9-10,14,18,29H,6-8,11-13,15H2,1-5H3,(H3,24,25,26,27). The van der Waals surface area contributed by atoms with Gasteiger partial charge in [-0.05, 0) is 45.5 Å². The summed E-state index contributed by atoms with van der Waals surface area (Å²) in [4.78, 5) is 10.9. The third-order valence-electron chi connectivity index (χ3n) is 5.07. The van der Waals surface area contributed by atoms with Crippen LogP contribution >= 0.6 is 0 Å². The molecule has 2 rings (SSSR count). The highest BCUT2D eigenvalue weighted by Gasteiger charge is 2.17. The monoisotopic (exact) mass is 431 g/mol. The summed E-state index contributed by atoms with van der Waals surface area (Å²) < 4.78 is 11.5. The molecule has 0 aliphatic heterocycles. The summed E-state index contributed by atoms with van der Waals surface area (Å²) in [5.74, 6) is 2.40. The maximum atomic E-state index is 9.70. The maximum absolute atomic E-state index is 9.70. The molecule has 4 N–H and O–H groups in total. The van der Waals surface area contributed by atoms with Crippen LogP contribution in [0.5, 0.6) is 11.5 Å². The van der Waals surface area contributed by atoms with Crippen LogP contribution in [0.15, 0.2) is 18.2 Å². The highest BCUT2D eigenvalue weighted by Crippen LogP contribution is 2.30. The van der Waals surface area contributed by atoms with Crippen molar-refractivity contribution in [3.8, 4) is 11.5 Å². The first-order valence-corrected chi connectivity index (χ1v) is 10.8. The molecule has 0 aliphatic rings. The Morgan fingerprint density at radius 2 is 2.03 bits per heavy atom. The number of nitrogens with one attached hydrogen (secondary N) is 1. The van der Waals surface area contributed by atoms with Crippen LogP contribution < -0.4 is 20.5 Å². The largest absolute Gasteiger partial charge is 0.496 e. The Morgan fingerprint density at radius 1 is 1.26 bits per heavy atom. The van der Waals surface area contributed by atoms with Crippen LogP contribution in [0.3, 0.4) is 0 Å². The van der Waals surface area contributed by atoms with Gasteiger partial charge in [0.15, 0.2) is 0 Å². The van der Waals surface area contributed by atoms with Crippen molar-refractivity contribution < 1.29 is 14.6 Å². The Balaban J connectivity index is 2.22. The van der Waals surface area contributed by atoms with E-state index in [9.17, 15) is 5.11 Å². The van der Waals surface area contributed by atoms with Crippen LogP contribution in [0.2, 0.25) is 0 Å². The van der Waals surface area contributed by atoms with E-state index in [1.54, 1.807) is 7.11 Å². The molecule has 2 aromatic rings. The van der Waals surface area contributed by atoms with E-state index in [0.717, 1.165) is 54.1 Å². The molecule has 8 heteroatoms. The number of aliphatic hydroxyl groups is 1. The van der Waals surface area contributed by atoms with Crippen LogP contribution in [-0.4, -0.2) is 67.0 Å². The Morgan fingerprint density at radius 3 is 2.68 bits per heavy atom. The lowest BCUT2D eigenvalue weighted by atomic mass is 10.0. The lowest BCUT2D eigenvalue weighted by Crippen LogP contribution is -2.25. The average molecular weight is 432 g/mol. The molecular formula is C23H37N5O3. The average Bonchev–Trinajstić information content (AvgIpc) is 2.73. The van der Waals surface area contributed by atoms with Gasteiger partial charge in [-0.15, -0.1) is 0 Å². The van der Waals surface area contributed by atoms with Gasteiger partial charge in [-0.25, -0.2) is 4.98 Å². The van der Waals surface area contributed by atoms with Gasteiger partial charge in [0, 0.05) is 30.3 Å². The Hall–Kier alpha value is -2.58. The first-order valence-electron chi connectivity index (χ1n) is 10.8. The van der Waals surface area contributed by atoms with E-state index in [4.69, 9.17) is 15.2 Å². The fourth-order valence-corrected chi connectivity index (χ4v) is 3.42. The lowest BCUT2D eigenvalue weighted by molar-refractivity contribution is 0.268. The highest BCUT2D eigenvalue weighted by molar-refractivity contribution is 5.54. The second-order valence-corrected chi connectivity index (χ2v) is 7.96. The summed E-state index contributed by atoms with van der Waals surface area (Å²) in [6, 6.07) is 5.80. The summed E-state index contributed by atoms with van der Waals surface area (Å²) in [7, 11) is 5.76. The number of ether oxygens (including phenoxy) is 2. The first-order chi connectivity index (χ1) is 14.9. The van der Waals surface area contributed by atoms with Crippen LogP contribution in [0.4, 0.5) is 11.8 Å². The van der Waals surface area contributed by atoms with Crippen LogP contribution in [0.25, 0.3) is 0 Å². The normalized spacial score (nSPS) is 12.1. The van der Waals surface area contributed by atoms with Crippen molar-refractivity contribution in [1.82, 2.24) is 14.9 Å². The van der Waals surface area contributed by atoms with Crippen LogP contribution in [0.1, 0.15) is 43.0 Å². The summed E-state index contributed by atoms with van der Waals surface area (Å²) in [5, 5.41) is 13.0. The van der Waals surface area contributed by atoms with Gasteiger partial charge in [-0.1, -0.05) is 19.4 Å². The number of benzene rings is 1. The van der Waals surface area contributed by atoms with E-state index in [1.807, 2.05) is 25.1 Å². The second-order valence-electron chi connectivity index (χ2n) is 7.96. The lowest BCUT2D eigenvalue weighted by Gasteiger charge is -2.20. The molecule has 172 valence electrons. The molecule has 0 radical (unpaired) electrons. The van der Waals surface area contributed by atoms with E-state index < -0.39 is 0 Å². The summed E-state index contributed by atoms with van der Waals surface area (Å²) in [6.07, 6.45) is 3.32. The quantitative estimate of drug-likeness (QED) is 0.416. The molecule has 8 nitrogen and oxygen atoms in total. The Bertz CT molecular complexity index is 829. The van der Waals surface area contributed by atoms with E-state index in [-0.39, 0.29) is 18.6 Å². The van der Waals surface area contributed by atoms with Crippen molar-refractivity contribution in [2.24, 2.45) is 0 Å². The number of aryl methyl sites for hydroxylation is 1. The number of hydrogen-bond donors (Lipinski definition) is 3. The van der Waals surface area contributed by atoms with Gasteiger partial charge < -0.3 is 30.5 Å². The molecule has 0 aliphatic carbocycles. The zero-order valence-electron chi connectivity index (χ0n) is 19.4. The maximum Gasteiger partial charge on any atom is 0.222 e. The minimum Gasteiger partial charge on any atom is -0.496 e. The number of aromatic nitrogens is 2. The van der Waals surface area contributed by atoms with E-state index >= 15 is 0 Å². The third kappa shape index (κ3) is 7.56. The van der Waals surface area contributed by atoms with Gasteiger partial charge >= 0.3 is 0 Å². The smallest absolute Gasteiger partial charge is 0.222 e. The first kappa shape index (κ1) is 24.7. The summed E-state index contributed by atoms with van der Waals surface area (Å²) >= 11 is 0. The van der Waals surface area contributed by atoms with Gasteiger partial charge in [-0.3, -0.25) is 0 Å². The van der Waals surface area contributed by atoms with Crippen LogP contribution in [-0.2, 0) is 6.42 Å². The molecule has 0 fully saturated rings. The zero-order chi connectivity index (χ0) is 22.8. The molecule has 1 aromatic heterocycles. The third-order valence-corrected chi connectivity index (χ3v) is 5.07. The SMILES string of the molecule is CCCC(CO)Nc1nc(N)nc(C)c1Cc1ccc(OCCCN(C)C)cc1OC. The van der Waals surface area contributed by atoms with Crippen molar-refractivity contribution in [3.05, 3.63) is 35.0 Å². The predicted octanol–water partition coefficient (Wildman–Crippen LogP) is 2.87. The number of nitrogens with two attached hydrogens (primary N) is 1.